The van der Waals surface area contributed by atoms with Crippen LogP contribution in [0.4, 0.5) is 0 Å². The lowest BCUT2D eigenvalue weighted by molar-refractivity contribution is -0.179. The summed E-state index contributed by atoms with van der Waals surface area (Å²) in [6.07, 6.45) is -2.01. The zero-order valence-electron chi connectivity index (χ0n) is 21.0. The number of nitrogens with one attached hydrogen (secondary N) is 1. The zero-order valence-corrected chi connectivity index (χ0v) is 23.3. The molecule has 1 aliphatic rings. The minimum atomic E-state index is -3.57. The van der Waals surface area contributed by atoms with Crippen LogP contribution in [0.2, 0.25) is 10.0 Å². The maximum Gasteiger partial charge on any atom is 0.253 e. The Morgan fingerprint density at radius 1 is 1.08 bits per heavy atom. The highest BCUT2D eigenvalue weighted by atomic mass is 35.5. The van der Waals surface area contributed by atoms with Gasteiger partial charge in [-0.25, -0.2) is 8.42 Å². The quantitative estimate of drug-likeness (QED) is 0.533. The lowest BCUT2D eigenvalue weighted by Crippen LogP contribution is -2.56. The molecule has 1 saturated heterocycles. The molecule has 1 N–H and O–H groups in total. The highest BCUT2D eigenvalue weighted by Gasteiger charge is 2.47. The average molecular weight is 556 g/mol. The Hall–Kier alpha value is -2.13. The minimum Gasteiger partial charge on any atom is -0.359 e. The Morgan fingerprint density at radius 3 is 2.28 bits per heavy atom. The molecule has 1 heterocycles. The predicted molar refractivity (Wildman–Crippen MR) is 142 cm³/mol. The maximum absolute atomic E-state index is 13.8. The smallest absolute Gasteiger partial charge is 0.253 e. The third-order valence-electron chi connectivity index (χ3n) is 6.33. The van der Waals surface area contributed by atoms with Gasteiger partial charge < -0.3 is 15.0 Å². The van der Waals surface area contributed by atoms with Crippen LogP contribution in [0.3, 0.4) is 0 Å². The summed E-state index contributed by atoms with van der Waals surface area (Å²) >= 11 is 12.4. The molecule has 1 fully saturated rings. The van der Waals surface area contributed by atoms with E-state index in [-0.39, 0.29) is 18.1 Å². The Balaban J connectivity index is 2.17. The first kappa shape index (κ1) is 28.4. The second-order valence-electron chi connectivity index (χ2n) is 9.96. The fraction of sp³-hybridized carbons (Fsp3) is 0.462. The first-order valence-electron chi connectivity index (χ1n) is 11.7. The number of carbonyl (C=O) groups excluding carboxylic acids is 2. The van der Waals surface area contributed by atoms with Gasteiger partial charge in [0.1, 0.15) is 12.2 Å². The van der Waals surface area contributed by atoms with Gasteiger partial charge >= 0.3 is 0 Å². The van der Waals surface area contributed by atoms with Gasteiger partial charge in [0, 0.05) is 23.1 Å². The Labute approximate surface area is 223 Å². The average Bonchev–Trinajstić information content (AvgIpc) is 2.79. The summed E-state index contributed by atoms with van der Waals surface area (Å²) in [5.74, 6) is -1.06. The van der Waals surface area contributed by atoms with Crippen molar-refractivity contribution >= 4 is 44.9 Å². The monoisotopic (exact) mass is 554 g/mol. The molecule has 4 atom stereocenters. The molecule has 2 aromatic carbocycles. The standard InChI is InChI=1S/C26H32Cl2N2O5S/c1-16(15-36(33,34)26(2,3)4)30-23(17-9-11-19(27)12-10-17)24(18-7-6-8-20(28)13-18)35-21(25(30)32)14-22(31)29-5/h6-13,16,21,23-24H,14-15H2,1-5H3,(H,29,31)/t16?,21-,23+,24+/m0/s1. The molecule has 3 rings (SSSR count). The van der Waals surface area contributed by atoms with Crippen LogP contribution in [0.25, 0.3) is 0 Å². The number of amides is 2. The molecule has 1 unspecified atom stereocenters. The van der Waals surface area contributed by atoms with E-state index in [2.05, 4.69) is 5.32 Å². The molecule has 0 spiro atoms. The van der Waals surface area contributed by atoms with Crippen molar-refractivity contribution in [2.45, 2.75) is 63.2 Å². The number of halogens is 2. The van der Waals surface area contributed by atoms with E-state index >= 15 is 0 Å². The second-order valence-corrected chi connectivity index (χ2v) is 13.6. The fourth-order valence-electron chi connectivity index (χ4n) is 4.24. The molecular weight excluding hydrogens is 523 g/mol. The van der Waals surface area contributed by atoms with E-state index in [1.165, 1.54) is 7.05 Å². The van der Waals surface area contributed by atoms with Crippen molar-refractivity contribution in [3.8, 4) is 0 Å². The number of rotatable bonds is 7. The predicted octanol–water partition coefficient (Wildman–Crippen LogP) is 4.74. The van der Waals surface area contributed by atoms with Gasteiger partial charge in [0.2, 0.25) is 5.91 Å². The number of morpholine rings is 1. The van der Waals surface area contributed by atoms with Crippen molar-refractivity contribution < 1.29 is 22.7 Å². The number of hydrogen-bond donors (Lipinski definition) is 1. The van der Waals surface area contributed by atoms with E-state index in [4.69, 9.17) is 27.9 Å². The van der Waals surface area contributed by atoms with Crippen molar-refractivity contribution in [1.29, 1.82) is 0 Å². The summed E-state index contributed by atoms with van der Waals surface area (Å²) in [5.41, 5.74) is 1.42. The van der Waals surface area contributed by atoms with E-state index in [9.17, 15) is 18.0 Å². The summed E-state index contributed by atoms with van der Waals surface area (Å²) < 4.78 is 31.6. The van der Waals surface area contributed by atoms with Gasteiger partial charge in [0.05, 0.1) is 23.0 Å². The first-order valence-corrected chi connectivity index (χ1v) is 14.1. The number of sulfone groups is 1. The van der Waals surface area contributed by atoms with E-state index in [1.807, 2.05) is 6.07 Å². The molecule has 196 valence electrons. The summed E-state index contributed by atoms with van der Waals surface area (Å²) in [7, 11) is -2.09. The Morgan fingerprint density at radius 2 is 1.72 bits per heavy atom. The van der Waals surface area contributed by atoms with Gasteiger partial charge in [-0.2, -0.15) is 0 Å². The van der Waals surface area contributed by atoms with E-state index in [0.29, 0.717) is 15.6 Å². The molecule has 0 aromatic heterocycles. The van der Waals surface area contributed by atoms with Gasteiger partial charge in [-0.15, -0.1) is 0 Å². The summed E-state index contributed by atoms with van der Waals surface area (Å²) in [6, 6.07) is 12.7. The summed E-state index contributed by atoms with van der Waals surface area (Å²) in [6.45, 7) is 6.61. The third-order valence-corrected chi connectivity index (χ3v) is 9.61. The number of benzene rings is 2. The SMILES string of the molecule is CNC(=O)C[C@@H]1O[C@H](c2cccc(Cl)c2)[C@@H](c2ccc(Cl)cc2)N(C(C)CS(=O)(=O)C(C)(C)C)C1=O. The highest BCUT2D eigenvalue weighted by Crippen LogP contribution is 2.44. The van der Waals surface area contributed by atoms with Crippen molar-refractivity contribution in [3.63, 3.8) is 0 Å². The van der Waals surface area contributed by atoms with Crippen LogP contribution in [-0.2, 0) is 24.2 Å². The number of hydrogen-bond acceptors (Lipinski definition) is 5. The van der Waals surface area contributed by atoms with Gasteiger partial charge in [0.15, 0.2) is 9.84 Å². The zero-order chi connectivity index (χ0) is 26.8. The molecular formula is C26H32Cl2N2O5S. The van der Waals surface area contributed by atoms with Crippen LogP contribution in [0.1, 0.15) is 57.4 Å². The van der Waals surface area contributed by atoms with Crippen LogP contribution >= 0.6 is 23.2 Å². The van der Waals surface area contributed by atoms with Crippen LogP contribution in [0, 0.1) is 0 Å². The van der Waals surface area contributed by atoms with Crippen LogP contribution in [0.5, 0.6) is 0 Å². The molecule has 0 aliphatic carbocycles. The summed E-state index contributed by atoms with van der Waals surface area (Å²) in [4.78, 5) is 27.6. The number of ether oxygens (including phenoxy) is 1. The van der Waals surface area contributed by atoms with E-state index < -0.39 is 44.8 Å². The normalized spacial score (nSPS) is 21.8. The molecule has 2 amide bonds. The van der Waals surface area contributed by atoms with Crippen molar-refractivity contribution in [2.75, 3.05) is 12.8 Å². The number of carbonyl (C=O) groups is 2. The molecule has 0 bridgehead atoms. The molecule has 36 heavy (non-hydrogen) atoms. The van der Waals surface area contributed by atoms with Crippen LogP contribution in [-0.4, -0.2) is 54.8 Å². The lowest BCUT2D eigenvalue weighted by atomic mass is 9.90. The second kappa shape index (κ2) is 11.1. The van der Waals surface area contributed by atoms with Gasteiger partial charge in [-0.3, -0.25) is 9.59 Å². The molecule has 2 aromatic rings. The van der Waals surface area contributed by atoms with Crippen molar-refractivity contribution in [2.24, 2.45) is 0 Å². The molecule has 1 aliphatic heterocycles. The Bertz CT molecular complexity index is 1210. The topological polar surface area (TPSA) is 92.8 Å². The fourth-order valence-corrected chi connectivity index (χ4v) is 5.86. The van der Waals surface area contributed by atoms with E-state index in [0.717, 1.165) is 5.56 Å². The lowest BCUT2D eigenvalue weighted by Gasteiger charge is -2.47. The van der Waals surface area contributed by atoms with Crippen LogP contribution in [0.15, 0.2) is 48.5 Å². The molecule has 0 saturated carbocycles. The molecule has 0 radical (unpaired) electrons. The van der Waals surface area contributed by atoms with Gasteiger partial charge in [-0.05, 0) is 63.1 Å². The largest absolute Gasteiger partial charge is 0.359 e. The van der Waals surface area contributed by atoms with Crippen LogP contribution < -0.4 is 5.32 Å². The molecule has 10 heteroatoms. The summed E-state index contributed by atoms with van der Waals surface area (Å²) in [5, 5.41) is 3.53. The number of nitrogens with zero attached hydrogens (tertiary/aromatic N) is 1. The highest BCUT2D eigenvalue weighted by molar-refractivity contribution is 7.92. The minimum absolute atomic E-state index is 0.199. The van der Waals surface area contributed by atoms with E-state index in [1.54, 1.807) is 75.1 Å². The maximum atomic E-state index is 13.8. The van der Waals surface area contributed by atoms with Crippen molar-refractivity contribution in [3.05, 3.63) is 69.7 Å². The molecule has 7 nitrogen and oxygen atoms in total. The van der Waals surface area contributed by atoms with Gasteiger partial charge in [-0.1, -0.05) is 47.5 Å². The Kier molecular flexibility index (Phi) is 8.76. The van der Waals surface area contributed by atoms with Crippen molar-refractivity contribution in [1.82, 2.24) is 10.2 Å². The first-order chi connectivity index (χ1) is 16.7. The third kappa shape index (κ3) is 6.22. The van der Waals surface area contributed by atoms with Gasteiger partial charge in [0.25, 0.3) is 5.91 Å².